The third-order valence-electron chi connectivity index (χ3n) is 7.02. The van der Waals surface area contributed by atoms with Gasteiger partial charge in [-0.3, -0.25) is 19.9 Å². The number of amides is 4. The van der Waals surface area contributed by atoms with Crippen LogP contribution in [-0.4, -0.2) is 52.5 Å². The monoisotopic (exact) mass is 538 g/mol. The summed E-state index contributed by atoms with van der Waals surface area (Å²) in [6.45, 7) is 2.36. The summed E-state index contributed by atoms with van der Waals surface area (Å²) >= 11 is 0. The Labute approximate surface area is 232 Å². The first kappa shape index (κ1) is 27.9. The summed E-state index contributed by atoms with van der Waals surface area (Å²) < 4.78 is 5.08. The van der Waals surface area contributed by atoms with Gasteiger partial charge in [-0.1, -0.05) is 36.3 Å². The smallest absolute Gasteiger partial charge is 0.322 e. The first-order valence-corrected chi connectivity index (χ1v) is 12.6. The van der Waals surface area contributed by atoms with E-state index >= 15 is 0 Å². The third-order valence-corrected chi connectivity index (χ3v) is 7.02. The number of para-hydroxylation sites is 1. The minimum absolute atomic E-state index is 0.0615. The number of pyridine rings is 1. The molecule has 1 spiro atoms. The van der Waals surface area contributed by atoms with Crippen molar-refractivity contribution in [1.29, 1.82) is 0 Å². The van der Waals surface area contributed by atoms with Gasteiger partial charge in [-0.25, -0.2) is 4.79 Å². The zero-order chi connectivity index (χ0) is 28.9. The molecule has 3 heterocycles. The number of aliphatic hydroxyl groups is 1. The fourth-order valence-electron chi connectivity index (χ4n) is 4.64. The van der Waals surface area contributed by atoms with E-state index in [0.29, 0.717) is 13.0 Å². The Balaban J connectivity index is 0.000000143. The van der Waals surface area contributed by atoms with Gasteiger partial charge in [-0.15, -0.1) is 6.42 Å². The molecule has 2 atom stereocenters. The Bertz CT molecular complexity index is 1510. The average molecular weight is 539 g/mol. The standard InChI is InChI=1S/C12H12N2O3.C10H11NO2.C9H7N/c1-3-8(15)5-6-11(4-2)7-12(11)9(16)13-10(17)14-12;1-11-6-7-5-8(13-2)3-4-9(7)10(11)12;1-2-6-9-8(4-1)5-3-7-10-9/h2-3,5-6,15H,7H2,1H3,(H2,13,14,16,17);3-5H,6H2,1-2H3;1-7H/b6-5-,8-3+;;. The molecule has 2 aliphatic heterocycles. The van der Waals surface area contributed by atoms with Crippen molar-refractivity contribution in [1.82, 2.24) is 20.5 Å². The minimum Gasteiger partial charge on any atom is -0.508 e. The Morgan fingerprint density at radius 2 is 1.93 bits per heavy atom. The summed E-state index contributed by atoms with van der Waals surface area (Å²) in [7, 11) is 3.43. The number of carbonyl (C=O) groups is 3. The van der Waals surface area contributed by atoms with Crippen LogP contribution in [0.15, 0.2) is 84.8 Å². The molecular weight excluding hydrogens is 508 g/mol. The molecule has 1 saturated heterocycles. The van der Waals surface area contributed by atoms with Gasteiger partial charge < -0.3 is 20.1 Å². The number of hydrogen-bond acceptors (Lipinski definition) is 6. The predicted molar refractivity (Wildman–Crippen MR) is 151 cm³/mol. The average Bonchev–Trinajstić information content (AvgIpc) is 3.40. The van der Waals surface area contributed by atoms with Gasteiger partial charge in [0.15, 0.2) is 0 Å². The molecule has 0 bridgehead atoms. The minimum atomic E-state index is -1.04. The number of rotatable bonds is 3. The molecular formula is C31H30N4O5. The van der Waals surface area contributed by atoms with Crippen molar-refractivity contribution in [3.63, 3.8) is 0 Å². The molecule has 3 N–H and O–H groups in total. The molecule has 40 heavy (non-hydrogen) atoms. The second kappa shape index (κ2) is 11.3. The van der Waals surface area contributed by atoms with Crippen molar-refractivity contribution < 1.29 is 24.2 Å². The van der Waals surface area contributed by atoms with Crippen molar-refractivity contribution in [2.45, 2.75) is 25.4 Å². The van der Waals surface area contributed by atoms with E-state index in [9.17, 15) is 19.5 Å². The lowest BCUT2D eigenvalue weighted by molar-refractivity contribution is -0.121. The maximum absolute atomic E-state index is 11.7. The van der Waals surface area contributed by atoms with Crippen molar-refractivity contribution in [3.05, 3.63) is 95.9 Å². The van der Waals surface area contributed by atoms with E-state index in [1.807, 2.05) is 48.7 Å². The zero-order valence-electron chi connectivity index (χ0n) is 22.5. The molecule has 2 fully saturated rings. The van der Waals surface area contributed by atoms with Crippen LogP contribution in [0.1, 0.15) is 29.3 Å². The highest BCUT2D eigenvalue weighted by Gasteiger charge is 2.74. The van der Waals surface area contributed by atoms with Crippen LogP contribution in [0.4, 0.5) is 4.79 Å². The van der Waals surface area contributed by atoms with Gasteiger partial charge in [-0.2, -0.15) is 0 Å². The van der Waals surface area contributed by atoms with Gasteiger partial charge in [0.05, 0.1) is 18.0 Å². The quantitative estimate of drug-likeness (QED) is 0.200. The molecule has 3 aromatic rings. The van der Waals surface area contributed by atoms with Gasteiger partial charge in [0.25, 0.3) is 11.8 Å². The number of fused-ring (bicyclic) bond motifs is 2. The highest BCUT2D eigenvalue weighted by Crippen LogP contribution is 2.58. The number of urea groups is 1. The number of benzene rings is 2. The number of carbonyl (C=O) groups excluding carboxylic acids is 3. The highest BCUT2D eigenvalue weighted by molar-refractivity contribution is 6.10. The van der Waals surface area contributed by atoms with Crippen LogP contribution in [0.3, 0.4) is 0 Å². The number of nitrogens with one attached hydrogen (secondary N) is 2. The van der Waals surface area contributed by atoms with Gasteiger partial charge in [0, 0.05) is 37.2 Å². The maximum atomic E-state index is 11.7. The van der Waals surface area contributed by atoms with E-state index in [1.54, 1.807) is 32.1 Å². The molecule has 9 nitrogen and oxygen atoms in total. The number of aliphatic hydroxyl groups excluding tert-OH is 1. The molecule has 6 rings (SSSR count). The Hall–Kier alpha value is -5.10. The summed E-state index contributed by atoms with van der Waals surface area (Å²) in [5.41, 5.74) is 1.02. The number of aromatic nitrogens is 1. The third kappa shape index (κ3) is 5.38. The van der Waals surface area contributed by atoms with Crippen LogP contribution >= 0.6 is 0 Å². The van der Waals surface area contributed by atoms with Crippen molar-refractivity contribution in [3.8, 4) is 18.1 Å². The van der Waals surface area contributed by atoms with Crippen molar-refractivity contribution in [2.75, 3.05) is 14.2 Å². The van der Waals surface area contributed by atoms with Crippen LogP contribution in [0.25, 0.3) is 10.9 Å². The van der Waals surface area contributed by atoms with Crippen LogP contribution in [0, 0.1) is 17.8 Å². The maximum Gasteiger partial charge on any atom is 0.322 e. The van der Waals surface area contributed by atoms with Gasteiger partial charge in [0.1, 0.15) is 17.0 Å². The molecule has 9 heteroatoms. The number of imide groups is 1. The van der Waals surface area contributed by atoms with Crippen LogP contribution in [0.5, 0.6) is 5.75 Å². The van der Waals surface area contributed by atoms with E-state index in [1.165, 1.54) is 17.5 Å². The van der Waals surface area contributed by atoms with E-state index in [4.69, 9.17) is 11.2 Å². The van der Waals surface area contributed by atoms with Gasteiger partial charge >= 0.3 is 6.03 Å². The molecule has 0 radical (unpaired) electrons. The topological polar surface area (TPSA) is 121 Å². The lowest BCUT2D eigenvalue weighted by atomic mass is 9.99. The molecule has 1 aromatic heterocycles. The Morgan fingerprint density at radius 3 is 2.58 bits per heavy atom. The first-order chi connectivity index (χ1) is 19.2. The highest BCUT2D eigenvalue weighted by atomic mass is 16.5. The summed E-state index contributed by atoms with van der Waals surface area (Å²) in [5, 5.41) is 15.2. The Morgan fingerprint density at radius 1 is 1.18 bits per heavy atom. The van der Waals surface area contributed by atoms with Crippen molar-refractivity contribution in [2.24, 2.45) is 5.41 Å². The molecule has 1 saturated carbocycles. The molecule has 2 unspecified atom stereocenters. The summed E-state index contributed by atoms with van der Waals surface area (Å²) in [4.78, 5) is 40.1. The van der Waals surface area contributed by atoms with Crippen LogP contribution < -0.4 is 15.4 Å². The fraction of sp³-hybridized carbons (Fsp3) is 0.226. The summed E-state index contributed by atoms with van der Waals surface area (Å²) in [6.07, 6.45) is 12.1. The van der Waals surface area contributed by atoms with Gasteiger partial charge in [0.2, 0.25) is 0 Å². The molecule has 2 aromatic carbocycles. The Kier molecular flexibility index (Phi) is 7.91. The lowest BCUT2D eigenvalue weighted by Crippen LogP contribution is -2.37. The SMILES string of the molecule is C#CC1(/C=C\C(O)=C/C)CC12NC(=O)NC2=O.COc1ccc2c(c1)CN(C)C2=O.c1ccc2ncccc2c1. The van der Waals surface area contributed by atoms with Crippen molar-refractivity contribution >= 4 is 28.7 Å². The summed E-state index contributed by atoms with van der Waals surface area (Å²) in [5.74, 6) is 3.07. The van der Waals surface area contributed by atoms with E-state index in [2.05, 4.69) is 33.7 Å². The second-order valence-corrected chi connectivity index (χ2v) is 9.53. The van der Waals surface area contributed by atoms with E-state index in [0.717, 1.165) is 22.4 Å². The number of methoxy groups -OCH3 is 1. The zero-order valence-corrected chi connectivity index (χ0v) is 22.5. The lowest BCUT2D eigenvalue weighted by Gasteiger charge is -2.10. The first-order valence-electron chi connectivity index (χ1n) is 12.6. The molecule has 4 amide bonds. The van der Waals surface area contributed by atoms with Crippen LogP contribution in [-0.2, 0) is 11.3 Å². The second-order valence-electron chi connectivity index (χ2n) is 9.53. The molecule has 1 aliphatic carbocycles. The normalized spacial score (nSPS) is 22.5. The van der Waals surface area contributed by atoms with E-state index < -0.39 is 22.9 Å². The number of terminal acetylenes is 1. The largest absolute Gasteiger partial charge is 0.508 e. The number of hydrogen-bond donors (Lipinski definition) is 3. The molecule has 204 valence electrons. The number of nitrogens with zero attached hydrogens (tertiary/aromatic N) is 2. The molecule has 3 aliphatic rings. The summed E-state index contributed by atoms with van der Waals surface area (Å²) in [6, 6.07) is 17.1. The fourth-order valence-corrected chi connectivity index (χ4v) is 4.64. The van der Waals surface area contributed by atoms with Gasteiger partial charge in [-0.05, 0) is 55.0 Å². The van der Waals surface area contributed by atoms with Crippen LogP contribution in [0.2, 0.25) is 0 Å². The predicted octanol–water partition coefficient (Wildman–Crippen LogP) is 4.12. The van der Waals surface area contributed by atoms with E-state index in [-0.39, 0.29) is 11.7 Å². The number of ether oxygens (including phenoxy) is 1. The number of allylic oxidation sites excluding steroid dienone is 2.